The Morgan fingerprint density at radius 1 is 1.55 bits per heavy atom. The number of aromatic nitrogens is 1. The van der Waals surface area contributed by atoms with Crippen molar-refractivity contribution in [1.29, 1.82) is 0 Å². The van der Waals surface area contributed by atoms with Gasteiger partial charge in [0.2, 0.25) is 0 Å². The molecule has 1 amide bonds. The fourth-order valence-corrected chi connectivity index (χ4v) is 2.69. The molecule has 0 aliphatic rings. The van der Waals surface area contributed by atoms with Crippen LogP contribution in [0, 0.1) is 0 Å². The Morgan fingerprint density at radius 3 is 2.80 bits per heavy atom. The number of nitrogens with zero attached hydrogens (tertiary/aromatic N) is 2. The van der Waals surface area contributed by atoms with Crippen LogP contribution in [-0.2, 0) is 4.74 Å². The number of carbonyl (C=O) groups is 1. The lowest BCUT2D eigenvalue weighted by Crippen LogP contribution is -2.38. The lowest BCUT2D eigenvalue weighted by atomic mass is 10.2. The molecule has 7 heteroatoms. The number of rotatable bonds is 8. The van der Waals surface area contributed by atoms with Crippen molar-refractivity contribution in [3.05, 3.63) is 4.88 Å². The molecule has 0 spiro atoms. The van der Waals surface area contributed by atoms with Crippen LogP contribution in [0.5, 0.6) is 0 Å². The average molecular weight is 300 g/mol. The van der Waals surface area contributed by atoms with E-state index >= 15 is 0 Å². The van der Waals surface area contributed by atoms with Gasteiger partial charge >= 0.3 is 0 Å². The van der Waals surface area contributed by atoms with Crippen molar-refractivity contribution < 1.29 is 9.53 Å². The van der Waals surface area contributed by atoms with Gasteiger partial charge in [-0.2, -0.15) is 0 Å². The minimum atomic E-state index is -0.0448. The van der Waals surface area contributed by atoms with E-state index in [1.807, 2.05) is 18.7 Å². The SMILES string of the molecule is CCC(C)N(CC)C(=O)c1sc(NCCOC)nc1N. The maximum Gasteiger partial charge on any atom is 0.268 e. The maximum absolute atomic E-state index is 12.5. The van der Waals surface area contributed by atoms with E-state index in [-0.39, 0.29) is 11.9 Å². The van der Waals surface area contributed by atoms with Crippen LogP contribution in [0.3, 0.4) is 0 Å². The number of nitrogens with two attached hydrogens (primary N) is 1. The number of carbonyl (C=O) groups excluding carboxylic acids is 1. The number of anilines is 2. The molecule has 6 nitrogen and oxygen atoms in total. The van der Waals surface area contributed by atoms with Crippen molar-refractivity contribution in [3.63, 3.8) is 0 Å². The lowest BCUT2D eigenvalue weighted by molar-refractivity contribution is 0.0706. The number of ether oxygens (including phenoxy) is 1. The number of thiazole rings is 1. The predicted molar refractivity (Wildman–Crippen MR) is 83.4 cm³/mol. The van der Waals surface area contributed by atoms with Gasteiger partial charge in [-0.05, 0) is 20.3 Å². The minimum absolute atomic E-state index is 0.0448. The molecule has 1 aromatic heterocycles. The second kappa shape index (κ2) is 8.06. The first-order valence-corrected chi connectivity index (χ1v) is 7.66. The highest BCUT2D eigenvalue weighted by atomic mass is 32.1. The van der Waals surface area contributed by atoms with Crippen molar-refractivity contribution in [2.75, 3.05) is 37.9 Å². The van der Waals surface area contributed by atoms with E-state index in [2.05, 4.69) is 17.2 Å². The summed E-state index contributed by atoms with van der Waals surface area (Å²) in [5, 5.41) is 3.75. The van der Waals surface area contributed by atoms with Crippen LogP contribution >= 0.6 is 11.3 Å². The normalized spacial score (nSPS) is 12.2. The van der Waals surface area contributed by atoms with Crippen LogP contribution in [0.1, 0.15) is 36.9 Å². The maximum atomic E-state index is 12.5. The predicted octanol–water partition coefficient (Wildman–Crippen LogP) is 2.04. The Hall–Kier alpha value is -1.34. The molecule has 0 aliphatic carbocycles. The van der Waals surface area contributed by atoms with Crippen molar-refractivity contribution in [1.82, 2.24) is 9.88 Å². The number of hydrogen-bond acceptors (Lipinski definition) is 6. The second-order valence-corrected chi connectivity index (χ2v) is 5.50. The van der Waals surface area contributed by atoms with Crippen molar-refractivity contribution in [2.45, 2.75) is 33.2 Å². The van der Waals surface area contributed by atoms with Gasteiger partial charge in [-0.15, -0.1) is 0 Å². The third kappa shape index (κ3) is 4.08. The van der Waals surface area contributed by atoms with E-state index < -0.39 is 0 Å². The topological polar surface area (TPSA) is 80.5 Å². The molecule has 1 rings (SSSR count). The second-order valence-electron chi connectivity index (χ2n) is 4.50. The summed E-state index contributed by atoms with van der Waals surface area (Å²) in [5.74, 6) is 0.248. The van der Waals surface area contributed by atoms with Gasteiger partial charge in [0.05, 0.1) is 6.61 Å². The van der Waals surface area contributed by atoms with Crippen LogP contribution in [0.25, 0.3) is 0 Å². The van der Waals surface area contributed by atoms with Gasteiger partial charge in [0.15, 0.2) is 5.13 Å². The van der Waals surface area contributed by atoms with Gasteiger partial charge in [-0.1, -0.05) is 18.3 Å². The molecule has 0 radical (unpaired) electrons. The van der Waals surface area contributed by atoms with E-state index in [1.165, 1.54) is 11.3 Å². The number of amides is 1. The number of hydrogen-bond donors (Lipinski definition) is 2. The molecule has 0 saturated heterocycles. The highest BCUT2D eigenvalue weighted by Gasteiger charge is 2.24. The van der Waals surface area contributed by atoms with E-state index in [0.29, 0.717) is 35.5 Å². The molecule has 0 aromatic carbocycles. The summed E-state index contributed by atoms with van der Waals surface area (Å²) >= 11 is 1.30. The standard InChI is InChI=1S/C13H24N4O2S/c1-5-9(3)17(6-2)12(18)10-11(14)16-13(20-10)15-7-8-19-4/h9H,5-8,14H2,1-4H3,(H,15,16). The van der Waals surface area contributed by atoms with Gasteiger partial charge in [0.1, 0.15) is 10.7 Å². The van der Waals surface area contributed by atoms with Gasteiger partial charge in [0.25, 0.3) is 5.91 Å². The van der Waals surface area contributed by atoms with Gasteiger partial charge in [0, 0.05) is 26.2 Å². The van der Waals surface area contributed by atoms with Crippen molar-refractivity contribution >= 4 is 28.2 Å². The molecule has 1 atom stereocenters. The van der Waals surface area contributed by atoms with Crippen LogP contribution < -0.4 is 11.1 Å². The fraction of sp³-hybridized carbons (Fsp3) is 0.692. The molecular formula is C13H24N4O2S. The van der Waals surface area contributed by atoms with Crippen molar-refractivity contribution in [2.24, 2.45) is 0 Å². The third-order valence-corrected chi connectivity index (χ3v) is 4.17. The molecule has 20 heavy (non-hydrogen) atoms. The molecule has 3 N–H and O–H groups in total. The Morgan fingerprint density at radius 2 is 2.25 bits per heavy atom. The summed E-state index contributed by atoms with van der Waals surface area (Å²) in [7, 11) is 1.64. The molecule has 114 valence electrons. The number of methoxy groups -OCH3 is 1. The summed E-state index contributed by atoms with van der Waals surface area (Å²) in [6.07, 6.45) is 0.914. The zero-order valence-electron chi connectivity index (χ0n) is 12.6. The molecule has 0 fully saturated rings. The molecule has 1 aromatic rings. The molecule has 0 saturated carbocycles. The first-order chi connectivity index (χ1) is 9.54. The van der Waals surface area contributed by atoms with Crippen LogP contribution in [0.4, 0.5) is 10.9 Å². The smallest absolute Gasteiger partial charge is 0.268 e. The Labute approximate surface area is 124 Å². The minimum Gasteiger partial charge on any atom is -0.383 e. The molecule has 1 unspecified atom stereocenters. The van der Waals surface area contributed by atoms with E-state index in [0.717, 1.165) is 6.42 Å². The Bertz CT molecular complexity index is 436. The Balaban J connectivity index is 2.81. The van der Waals surface area contributed by atoms with Gasteiger partial charge in [-0.3, -0.25) is 4.79 Å². The number of nitrogens with one attached hydrogen (secondary N) is 1. The van der Waals surface area contributed by atoms with Crippen molar-refractivity contribution in [3.8, 4) is 0 Å². The summed E-state index contributed by atoms with van der Waals surface area (Å²) in [6.45, 7) is 7.96. The number of nitrogen functional groups attached to an aromatic ring is 1. The first kappa shape index (κ1) is 16.7. The summed E-state index contributed by atoms with van der Waals surface area (Å²) in [6, 6.07) is 0.193. The first-order valence-electron chi connectivity index (χ1n) is 6.85. The highest BCUT2D eigenvalue weighted by molar-refractivity contribution is 7.18. The van der Waals surface area contributed by atoms with E-state index in [1.54, 1.807) is 7.11 Å². The Kier molecular flexibility index (Phi) is 6.74. The molecular weight excluding hydrogens is 276 g/mol. The summed E-state index contributed by atoms with van der Waals surface area (Å²) < 4.78 is 4.96. The van der Waals surface area contributed by atoms with E-state index in [9.17, 15) is 4.79 Å². The van der Waals surface area contributed by atoms with E-state index in [4.69, 9.17) is 10.5 Å². The largest absolute Gasteiger partial charge is 0.383 e. The van der Waals surface area contributed by atoms with Crippen LogP contribution in [-0.4, -0.2) is 48.6 Å². The molecule has 0 aliphatic heterocycles. The summed E-state index contributed by atoms with van der Waals surface area (Å²) in [5.41, 5.74) is 5.86. The van der Waals surface area contributed by atoms with Crippen LogP contribution in [0.2, 0.25) is 0 Å². The van der Waals surface area contributed by atoms with Gasteiger partial charge in [-0.25, -0.2) is 4.98 Å². The monoisotopic (exact) mass is 300 g/mol. The molecule has 0 bridgehead atoms. The van der Waals surface area contributed by atoms with Crippen LogP contribution in [0.15, 0.2) is 0 Å². The summed E-state index contributed by atoms with van der Waals surface area (Å²) in [4.78, 5) is 19.0. The zero-order chi connectivity index (χ0) is 15.1. The quantitative estimate of drug-likeness (QED) is 0.718. The molecule has 1 heterocycles. The third-order valence-electron chi connectivity index (χ3n) is 3.15. The lowest BCUT2D eigenvalue weighted by Gasteiger charge is -2.26. The highest BCUT2D eigenvalue weighted by Crippen LogP contribution is 2.27. The fourth-order valence-electron chi connectivity index (χ4n) is 1.83. The average Bonchev–Trinajstić information content (AvgIpc) is 2.80. The zero-order valence-corrected chi connectivity index (χ0v) is 13.4. The van der Waals surface area contributed by atoms with Gasteiger partial charge < -0.3 is 20.7 Å².